The smallest absolute Gasteiger partial charge is 0.0318 e. The van der Waals surface area contributed by atoms with E-state index >= 15 is 0 Å². The van der Waals surface area contributed by atoms with Crippen LogP contribution in [-0.2, 0) is 6.42 Å². The molecule has 0 saturated heterocycles. The molecule has 0 amide bonds. The van der Waals surface area contributed by atoms with Crippen molar-refractivity contribution in [3.63, 3.8) is 0 Å². The highest BCUT2D eigenvalue weighted by atomic mass is 14.7. The van der Waals surface area contributed by atoms with Crippen LogP contribution in [0.4, 0.5) is 0 Å². The summed E-state index contributed by atoms with van der Waals surface area (Å²) in [5, 5.41) is 0. The predicted molar refractivity (Wildman–Crippen MR) is 64.9 cm³/mol. The number of benzene rings is 1. The standard InChI is InChI=1S/C14H19N/c1-10(2)14(15)13-9-5-7-11-6-3-4-8-12(11)13/h3-4,6,8,13-14H,1,5,7,9,15H2,2H3. The first-order valence-electron chi connectivity index (χ1n) is 5.69. The van der Waals surface area contributed by atoms with Gasteiger partial charge in [0.2, 0.25) is 0 Å². The first-order valence-corrected chi connectivity index (χ1v) is 5.69. The third-order valence-electron chi connectivity index (χ3n) is 3.42. The van der Waals surface area contributed by atoms with Crippen molar-refractivity contribution in [2.75, 3.05) is 0 Å². The fourth-order valence-corrected chi connectivity index (χ4v) is 2.51. The SMILES string of the molecule is C=C(C)C(N)C1CCCc2ccccc21. The van der Waals surface area contributed by atoms with Crippen LogP contribution < -0.4 is 5.73 Å². The molecule has 0 saturated carbocycles. The van der Waals surface area contributed by atoms with E-state index in [9.17, 15) is 0 Å². The molecule has 1 nitrogen and oxygen atoms in total. The van der Waals surface area contributed by atoms with Gasteiger partial charge >= 0.3 is 0 Å². The van der Waals surface area contributed by atoms with Gasteiger partial charge in [-0.15, -0.1) is 0 Å². The second-order valence-corrected chi connectivity index (χ2v) is 4.57. The zero-order valence-corrected chi connectivity index (χ0v) is 9.37. The Labute approximate surface area is 92.0 Å². The molecule has 0 heterocycles. The van der Waals surface area contributed by atoms with Crippen LogP contribution >= 0.6 is 0 Å². The van der Waals surface area contributed by atoms with Crippen LogP contribution in [0.25, 0.3) is 0 Å². The highest BCUT2D eigenvalue weighted by Gasteiger charge is 2.25. The molecule has 2 atom stereocenters. The van der Waals surface area contributed by atoms with Crippen molar-refractivity contribution >= 4 is 0 Å². The molecule has 1 heteroatoms. The molecule has 0 radical (unpaired) electrons. The highest BCUT2D eigenvalue weighted by Crippen LogP contribution is 2.34. The summed E-state index contributed by atoms with van der Waals surface area (Å²) in [5.74, 6) is 0.479. The lowest BCUT2D eigenvalue weighted by Crippen LogP contribution is -2.31. The molecule has 0 aromatic heterocycles. The Balaban J connectivity index is 2.33. The van der Waals surface area contributed by atoms with Gasteiger partial charge < -0.3 is 5.73 Å². The molecule has 1 aliphatic carbocycles. The first kappa shape index (κ1) is 10.4. The summed E-state index contributed by atoms with van der Waals surface area (Å²) in [5.41, 5.74) is 10.2. The van der Waals surface area contributed by atoms with Crippen LogP contribution in [0.3, 0.4) is 0 Å². The quantitative estimate of drug-likeness (QED) is 0.731. The topological polar surface area (TPSA) is 26.0 Å². The van der Waals surface area contributed by atoms with E-state index in [0.717, 1.165) is 5.57 Å². The lowest BCUT2D eigenvalue weighted by molar-refractivity contribution is 0.498. The minimum atomic E-state index is 0.117. The Morgan fingerprint density at radius 1 is 1.47 bits per heavy atom. The van der Waals surface area contributed by atoms with Crippen molar-refractivity contribution in [1.82, 2.24) is 0 Å². The number of rotatable bonds is 2. The largest absolute Gasteiger partial charge is 0.324 e. The zero-order chi connectivity index (χ0) is 10.8. The highest BCUT2D eigenvalue weighted by molar-refractivity contribution is 5.35. The average Bonchev–Trinajstić information content (AvgIpc) is 2.27. The van der Waals surface area contributed by atoms with Gasteiger partial charge in [0.1, 0.15) is 0 Å². The molecule has 2 unspecified atom stereocenters. The van der Waals surface area contributed by atoms with Gasteiger partial charge in [-0.05, 0) is 37.3 Å². The van der Waals surface area contributed by atoms with Gasteiger partial charge in [-0.2, -0.15) is 0 Å². The molecule has 1 aliphatic rings. The fourth-order valence-electron chi connectivity index (χ4n) is 2.51. The van der Waals surface area contributed by atoms with Crippen molar-refractivity contribution in [3.05, 3.63) is 47.5 Å². The Morgan fingerprint density at radius 3 is 2.93 bits per heavy atom. The molecule has 1 aromatic rings. The molecule has 0 fully saturated rings. The molecule has 1 aromatic carbocycles. The van der Waals surface area contributed by atoms with E-state index in [1.165, 1.54) is 30.4 Å². The Hall–Kier alpha value is -1.08. The van der Waals surface area contributed by atoms with Gasteiger partial charge in [0.25, 0.3) is 0 Å². The average molecular weight is 201 g/mol. The van der Waals surface area contributed by atoms with Gasteiger partial charge in [0.05, 0.1) is 0 Å². The maximum atomic E-state index is 6.21. The van der Waals surface area contributed by atoms with E-state index in [0.29, 0.717) is 5.92 Å². The summed E-state index contributed by atoms with van der Waals surface area (Å²) >= 11 is 0. The summed E-state index contributed by atoms with van der Waals surface area (Å²) in [6.45, 7) is 6.01. The molecule has 2 rings (SSSR count). The van der Waals surface area contributed by atoms with Gasteiger partial charge in [0.15, 0.2) is 0 Å². The van der Waals surface area contributed by atoms with E-state index in [1.807, 2.05) is 6.92 Å². The van der Waals surface area contributed by atoms with E-state index in [4.69, 9.17) is 5.73 Å². The number of aryl methyl sites for hydroxylation is 1. The molecular formula is C14H19N. The van der Waals surface area contributed by atoms with Crippen LogP contribution in [0.15, 0.2) is 36.4 Å². The molecule has 15 heavy (non-hydrogen) atoms. The van der Waals surface area contributed by atoms with E-state index in [2.05, 4.69) is 30.8 Å². The minimum absolute atomic E-state index is 0.117. The second kappa shape index (κ2) is 4.19. The van der Waals surface area contributed by atoms with Gasteiger partial charge in [0, 0.05) is 12.0 Å². The lowest BCUT2D eigenvalue weighted by atomic mass is 9.77. The number of fused-ring (bicyclic) bond motifs is 1. The lowest BCUT2D eigenvalue weighted by Gasteiger charge is -2.30. The summed E-state index contributed by atoms with van der Waals surface area (Å²) in [7, 11) is 0. The zero-order valence-electron chi connectivity index (χ0n) is 9.37. The summed E-state index contributed by atoms with van der Waals surface area (Å²) < 4.78 is 0. The van der Waals surface area contributed by atoms with E-state index in [1.54, 1.807) is 0 Å². The van der Waals surface area contributed by atoms with Crippen LogP contribution in [0, 0.1) is 0 Å². The molecule has 80 valence electrons. The molecule has 0 spiro atoms. The number of hydrogen-bond donors (Lipinski definition) is 1. The number of nitrogens with two attached hydrogens (primary N) is 1. The van der Waals surface area contributed by atoms with Crippen LogP contribution in [0.5, 0.6) is 0 Å². The summed E-state index contributed by atoms with van der Waals surface area (Å²) in [4.78, 5) is 0. The molecule has 0 bridgehead atoms. The maximum Gasteiger partial charge on any atom is 0.0318 e. The van der Waals surface area contributed by atoms with Gasteiger partial charge in [-0.25, -0.2) is 0 Å². The third kappa shape index (κ3) is 1.98. The molecule has 2 N–H and O–H groups in total. The van der Waals surface area contributed by atoms with Crippen molar-refractivity contribution in [2.24, 2.45) is 5.73 Å². The summed E-state index contributed by atoms with van der Waals surface area (Å²) in [6, 6.07) is 8.80. The molecule has 0 aliphatic heterocycles. The number of hydrogen-bond acceptors (Lipinski definition) is 1. The Morgan fingerprint density at radius 2 is 2.20 bits per heavy atom. The van der Waals surface area contributed by atoms with E-state index in [-0.39, 0.29) is 6.04 Å². The fraction of sp³-hybridized carbons (Fsp3) is 0.429. The van der Waals surface area contributed by atoms with E-state index < -0.39 is 0 Å². The monoisotopic (exact) mass is 201 g/mol. The van der Waals surface area contributed by atoms with Crippen LogP contribution in [0.1, 0.15) is 36.8 Å². The van der Waals surface area contributed by atoms with Crippen molar-refractivity contribution in [2.45, 2.75) is 38.1 Å². The summed E-state index contributed by atoms with van der Waals surface area (Å²) in [6.07, 6.45) is 3.66. The van der Waals surface area contributed by atoms with Crippen molar-refractivity contribution in [1.29, 1.82) is 0 Å². The van der Waals surface area contributed by atoms with Gasteiger partial charge in [-0.1, -0.05) is 36.4 Å². The normalized spacial score (nSPS) is 21.9. The predicted octanol–water partition coefficient (Wildman–Crippen LogP) is 3.01. The third-order valence-corrected chi connectivity index (χ3v) is 3.42. The Bertz CT molecular complexity index is 367. The maximum absolute atomic E-state index is 6.21. The second-order valence-electron chi connectivity index (χ2n) is 4.57. The van der Waals surface area contributed by atoms with Crippen molar-refractivity contribution < 1.29 is 0 Å². The van der Waals surface area contributed by atoms with Crippen LogP contribution in [-0.4, -0.2) is 6.04 Å². The molecular weight excluding hydrogens is 182 g/mol. The minimum Gasteiger partial charge on any atom is -0.324 e. The van der Waals surface area contributed by atoms with Crippen molar-refractivity contribution in [3.8, 4) is 0 Å². The first-order chi connectivity index (χ1) is 7.20. The van der Waals surface area contributed by atoms with Crippen LogP contribution in [0.2, 0.25) is 0 Å². The Kier molecular flexibility index (Phi) is 2.92. The van der Waals surface area contributed by atoms with Gasteiger partial charge in [-0.3, -0.25) is 0 Å².